The maximum atomic E-state index is 12.8. The molecule has 0 aromatic heterocycles. The first-order chi connectivity index (χ1) is 15.8. The zero-order valence-electron chi connectivity index (χ0n) is 17.6. The van der Waals surface area contributed by atoms with E-state index in [0.29, 0.717) is 23.1 Å². The van der Waals surface area contributed by atoms with Gasteiger partial charge in [0.15, 0.2) is 6.61 Å². The third-order valence-electron chi connectivity index (χ3n) is 4.32. The molecule has 0 bridgehead atoms. The molecule has 2 N–H and O–H groups in total. The molecular formula is C23H21ClN2O6S. The van der Waals surface area contributed by atoms with Crippen LogP contribution >= 0.6 is 11.6 Å². The number of amides is 1. The SMILES string of the molecule is CCOc1ccc(S(=O)(=O)Nc2ccccc2C(=O)OCC(=O)Nc2ccccc2Cl)cc1. The van der Waals surface area contributed by atoms with Crippen LogP contribution in [0.4, 0.5) is 11.4 Å². The second-order valence-electron chi connectivity index (χ2n) is 6.66. The normalized spacial score (nSPS) is 10.8. The molecule has 0 heterocycles. The van der Waals surface area contributed by atoms with Crippen molar-refractivity contribution in [2.45, 2.75) is 11.8 Å². The molecule has 3 aromatic carbocycles. The highest BCUT2D eigenvalue weighted by molar-refractivity contribution is 7.92. The Morgan fingerprint density at radius 3 is 2.21 bits per heavy atom. The lowest BCUT2D eigenvalue weighted by Gasteiger charge is -2.13. The summed E-state index contributed by atoms with van der Waals surface area (Å²) in [5.41, 5.74) is 0.351. The number of ether oxygens (including phenoxy) is 2. The van der Waals surface area contributed by atoms with Crippen molar-refractivity contribution in [1.82, 2.24) is 0 Å². The fourth-order valence-electron chi connectivity index (χ4n) is 2.79. The summed E-state index contributed by atoms with van der Waals surface area (Å²) in [4.78, 5) is 24.6. The predicted molar refractivity (Wildman–Crippen MR) is 125 cm³/mol. The molecule has 0 fully saturated rings. The molecule has 3 aromatic rings. The van der Waals surface area contributed by atoms with Gasteiger partial charge in [-0.25, -0.2) is 13.2 Å². The minimum Gasteiger partial charge on any atom is -0.494 e. The summed E-state index contributed by atoms with van der Waals surface area (Å²) in [6, 6.07) is 18.4. The molecular weight excluding hydrogens is 468 g/mol. The number of anilines is 2. The van der Waals surface area contributed by atoms with Crippen molar-refractivity contribution in [1.29, 1.82) is 0 Å². The highest BCUT2D eigenvalue weighted by atomic mass is 35.5. The van der Waals surface area contributed by atoms with E-state index in [-0.39, 0.29) is 16.1 Å². The molecule has 0 spiro atoms. The number of sulfonamides is 1. The molecule has 0 radical (unpaired) electrons. The Balaban J connectivity index is 1.68. The van der Waals surface area contributed by atoms with Crippen LogP contribution < -0.4 is 14.8 Å². The van der Waals surface area contributed by atoms with Gasteiger partial charge < -0.3 is 14.8 Å². The number of rotatable bonds is 9. The number of nitrogens with one attached hydrogen (secondary N) is 2. The second kappa shape index (κ2) is 10.8. The monoisotopic (exact) mass is 488 g/mol. The van der Waals surface area contributed by atoms with Crippen molar-refractivity contribution < 1.29 is 27.5 Å². The van der Waals surface area contributed by atoms with Gasteiger partial charge in [-0.05, 0) is 55.5 Å². The van der Waals surface area contributed by atoms with Crippen LogP contribution in [0, 0.1) is 0 Å². The van der Waals surface area contributed by atoms with Gasteiger partial charge in [-0.1, -0.05) is 35.9 Å². The number of hydrogen-bond donors (Lipinski definition) is 2. The van der Waals surface area contributed by atoms with Gasteiger partial charge in [-0.2, -0.15) is 0 Å². The van der Waals surface area contributed by atoms with E-state index in [1.54, 1.807) is 36.4 Å². The van der Waals surface area contributed by atoms with E-state index in [2.05, 4.69) is 10.0 Å². The van der Waals surface area contributed by atoms with E-state index in [0.717, 1.165) is 0 Å². The lowest BCUT2D eigenvalue weighted by atomic mass is 10.2. The van der Waals surface area contributed by atoms with Crippen molar-refractivity contribution in [2.75, 3.05) is 23.3 Å². The maximum Gasteiger partial charge on any atom is 0.340 e. The zero-order valence-corrected chi connectivity index (χ0v) is 19.2. The standard InChI is InChI=1S/C23H21ClN2O6S/c1-2-31-16-11-13-17(14-12-16)33(29,30)26-20-9-5-3-7-18(20)23(28)32-15-22(27)25-21-10-6-4-8-19(21)24/h3-14,26H,2,15H2,1H3,(H,25,27). The van der Waals surface area contributed by atoms with E-state index in [1.807, 2.05) is 6.92 Å². The fourth-order valence-corrected chi connectivity index (χ4v) is 4.06. The molecule has 0 aliphatic rings. The van der Waals surface area contributed by atoms with E-state index in [4.69, 9.17) is 21.1 Å². The van der Waals surface area contributed by atoms with Crippen molar-refractivity contribution in [3.8, 4) is 5.75 Å². The Bertz CT molecular complexity index is 1250. The summed E-state index contributed by atoms with van der Waals surface area (Å²) in [5.74, 6) is -0.923. The minimum absolute atomic E-state index is 0.00626. The average molecular weight is 489 g/mol. The summed E-state index contributed by atoms with van der Waals surface area (Å²) in [5, 5.41) is 2.87. The van der Waals surface area contributed by atoms with E-state index < -0.39 is 28.5 Å². The number of para-hydroxylation sites is 2. The third-order valence-corrected chi connectivity index (χ3v) is 6.03. The van der Waals surface area contributed by atoms with Gasteiger partial charge in [-0.15, -0.1) is 0 Å². The Kier molecular flexibility index (Phi) is 7.92. The second-order valence-corrected chi connectivity index (χ2v) is 8.75. The van der Waals surface area contributed by atoms with Crippen LogP contribution in [0.2, 0.25) is 5.02 Å². The van der Waals surface area contributed by atoms with Crippen LogP contribution in [0.15, 0.2) is 77.7 Å². The molecule has 0 atom stereocenters. The summed E-state index contributed by atoms with van der Waals surface area (Å²) in [6.45, 7) is 1.70. The smallest absolute Gasteiger partial charge is 0.340 e. The molecule has 8 nitrogen and oxygen atoms in total. The molecule has 10 heteroatoms. The highest BCUT2D eigenvalue weighted by Gasteiger charge is 2.20. The van der Waals surface area contributed by atoms with Gasteiger partial charge in [0, 0.05) is 0 Å². The van der Waals surface area contributed by atoms with Gasteiger partial charge >= 0.3 is 5.97 Å². The van der Waals surface area contributed by atoms with Gasteiger partial charge in [0.05, 0.1) is 33.5 Å². The molecule has 33 heavy (non-hydrogen) atoms. The first-order valence-corrected chi connectivity index (χ1v) is 11.7. The van der Waals surface area contributed by atoms with E-state index >= 15 is 0 Å². The van der Waals surface area contributed by atoms with Crippen LogP contribution in [-0.4, -0.2) is 33.5 Å². The summed E-state index contributed by atoms with van der Waals surface area (Å²) in [6.07, 6.45) is 0. The maximum absolute atomic E-state index is 12.8. The summed E-state index contributed by atoms with van der Waals surface area (Å²) < 4.78 is 38.3. The van der Waals surface area contributed by atoms with Gasteiger partial charge in [0.2, 0.25) is 0 Å². The Hall–Kier alpha value is -3.56. The highest BCUT2D eigenvalue weighted by Crippen LogP contribution is 2.23. The number of hydrogen-bond acceptors (Lipinski definition) is 6. The lowest BCUT2D eigenvalue weighted by Crippen LogP contribution is -2.22. The Morgan fingerprint density at radius 1 is 0.909 bits per heavy atom. The van der Waals surface area contributed by atoms with Gasteiger partial charge in [-0.3, -0.25) is 9.52 Å². The Labute approximate surface area is 196 Å². The van der Waals surface area contributed by atoms with Gasteiger partial charge in [0.1, 0.15) is 5.75 Å². The lowest BCUT2D eigenvalue weighted by molar-refractivity contribution is -0.119. The number of carbonyl (C=O) groups is 2. The molecule has 0 aliphatic heterocycles. The number of carbonyl (C=O) groups excluding carboxylic acids is 2. The first kappa shape index (κ1) is 24.1. The topological polar surface area (TPSA) is 111 Å². The van der Waals surface area contributed by atoms with Crippen molar-refractivity contribution in [2.24, 2.45) is 0 Å². The van der Waals surface area contributed by atoms with E-state index in [9.17, 15) is 18.0 Å². The third kappa shape index (κ3) is 6.47. The van der Waals surface area contributed by atoms with Crippen molar-refractivity contribution >= 4 is 44.9 Å². The minimum atomic E-state index is -3.99. The van der Waals surface area contributed by atoms with E-state index in [1.165, 1.54) is 36.4 Å². The molecule has 172 valence electrons. The van der Waals surface area contributed by atoms with Crippen molar-refractivity contribution in [3.63, 3.8) is 0 Å². The quantitative estimate of drug-likeness (QED) is 0.433. The number of halogens is 1. The fraction of sp³-hybridized carbons (Fsp3) is 0.130. The van der Waals surface area contributed by atoms with Crippen LogP contribution in [0.5, 0.6) is 5.75 Å². The molecule has 0 saturated heterocycles. The summed E-state index contributed by atoms with van der Waals surface area (Å²) >= 11 is 5.99. The molecule has 0 aliphatic carbocycles. The largest absolute Gasteiger partial charge is 0.494 e. The predicted octanol–water partition coefficient (Wildman–Crippen LogP) is 4.34. The molecule has 1 amide bonds. The molecule has 3 rings (SSSR count). The van der Waals surface area contributed by atoms with Crippen LogP contribution in [0.1, 0.15) is 17.3 Å². The summed E-state index contributed by atoms with van der Waals surface area (Å²) in [7, 11) is -3.99. The van der Waals surface area contributed by atoms with Crippen LogP contribution in [0.3, 0.4) is 0 Å². The van der Waals surface area contributed by atoms with Crippen molar-refractivity contribution in [3.05, 3.63) is 83.4 Å². The first-order valence-electron chi connectivity index (χ1n) is 9.86. The molecule has 0 unspecified atom stereocenters. The number of esters is 1. The van der Waals surface area contributed by atoms with Gasteiger partial charge in [0.25, 0.3) is 15.9 Å². The van der Waals surface area contributed by atoms with Crippen LogP contribution in [-0.2, 0) is 19.6 Å². The Morgan fingerprint density at radius 2 is 1.55 bits per heavy atom. The van der Waals surface area contributed by atoms with Crippen LogP contribution in [0.25, 0.3) is 0 Å². The number of benzene rings is 3. The average Bonchev–Trinajstić information content (AvgIpc) is 2.80. The zero-order chi connectivity index (χ0) is 23.8. The molecule has 0 saturated carbocycles.